The lowest BCUT2D eigenvalue weighted by molar-refractivity contribution is 0.251. The van der Waals surface area contributed by atoms with Gasteiger partial charge in [0.15, 0.2) is 0 Å². The van der Waals surface area contributed by atoms with E-state index in [2.05, 4.69) is 38.8 Å². The molecular weight excluding hydrogens is 304 g/mol. The number of aromatic nitrogens is 3. The lowest BCUT2D eigenvalue weighted by Gasteiger charge is -2.22. The largest absolute Gasteiger partial charge is 0.371 e. The van der Waals surface area contributed by atoms with Crippen molar-refractivity contribution in [3.8, 4) is 0 Å². The quantitative estimate of drug-likeness (QED) is 0.799. The number of hydrogen-bond acceptors (Lipinski definition) is 4. The van der Waals surface area contributed by atoms with Crippen molar-refractivity contribution >= 4 is 17.4 Å². The van der Waals surface area contributed by atoms with E-state index >= 15 is 0 Å². The first-order chi connectivity index (χ1) is 11.7. The molecular formula is C17H24N6O. The van der Waals surface area contributed by atoms with Gasteiger partial charge in [-0.05, 0) is 43.9 Å². The zero-order chi connectivity index (χ0) is 16.8. The molecule has 0 bridgehead atoms. The Balaban J connectivity index is 1.49. The van der Waals surface area contributed by atoms with Crippen LogP contribution in [0.5, 0.6) is 0 Å². The second kappa shape index (κ2) is 7.81. The van der Waals surface area contributed by atoms with Crippen LogP contribution in [0.4, 0.5) is 16.2 Å². The maximum atomic E-state index is 12.1. The monoisotopic (exact) mass is 328 g/mol. The van der Waals surface area contributed by atoms with Gasteiger partial charge in [-0.3, -0.25) is 4.68 Å². The third-order valence-corrected chi connectivity index (χ3v) is 4.32. The van der Waals surface area contributed by atoms with E-state index < -0.39 is 0 Å². The highest BCUT2D eigenvalue weighted by Crippen LogP contribution is 2.29. The molecule has 2 heterocycles. The summed E-state index contributed by atoms with van der Waals surface area (Å²) < 4.78 is 1.75. The molecule has 7 nitrogen and oxygen atoms in total. The first-order valence-electron chi connectivity index (χ1n) is 8.47. The second-order valence-electron chi connectivity index (χ2n) is 6.04. The summed E-state index contributed by atoms with van der Waals surface area (Å²) in [4.78, 5) is 14.5. The molecule has 0 saturated carbocycles. The Morgan fingerprint density at radius 3 is 2.88 bits per heavy atom. The number of anilines is 2. The fourth-order valence-electron chi connectivity index (χ4n) is 3.02. The predicted octanol–water partition coefficient (Wildman–Crippen LogP) is 2.40. The Kier molecular flexibility index (Phi) is 5.30. The number of benzene rings is 1. The molecule has 7 heteroatoms. The van der Waals surface area contributed by atoms with E-state index in [4.69, 9.17) is 0 Å². The molecule has 2 aromatic rings. The number of urea groups is 1. The number of carbonyl (C=O) groups excluding carboxylic acids is 1. The highest BCUT2D eigenvalue weighted by atomic mass is 16.2. The summed E-state index contributed by atoms with van der Waals surface area (Å²) >= 11 is 0. The van der Waals surface area contributed by atoms with Gasteiger partial charge in [0.05, 0.1) is 6.20 Å². The zero-order valence-electron chi connectivity index (χ0n) is 14.0. The van der Waals surface area contributed by atoms with Crippen LogP contribution in [0.1, 0.15) is 24.8 Å². The normalized spacial score (nSPS) is 14.0. The molecule has 2 N–H and O–H groups in total. The molecule has 1 aromatic heterocycles. The number of aryl methyl sites for hydroxylation is 1. The molecule has 128 valence electrons. The summed E-state index contributed by atoms with van der Waals surface area (Å²) in [5.74, 6) is 0. The number of amides is 2. The van der Waals surface area contributed by atoms with Crippen molar-refractivity contribution in [2.45, 2.75) is 32.7 Å². The summed E-state index contributed by atoms with van der Waals surface area (Å²) in [5, 5.41) is 13.5. The van der Waals surface area contributed by atoms with Gasteiger partial charge in [0.1, 0.15) is 0 Å². The molecule has 0 unspecified atom stereocenters. The minimum Gasteiger partial charge on any atom is -0.371 e. The Hall–Kier alpha value is -2.57. The highest BCUT2D eigenvalue weighted by Gasteiger charge is 2.16. The van der Waals surface area contributed by atoms with Crippen LogP contribution >= 0.6 is 0 Å². The molecule has 1 fully saturated rings. The van der Waals surface area contributed by atoms with Crippen LogP contribution in [0, 0.1) is 6.92 Å². The van der Waals surface area contributed by atoms with Gasteiger partial charge >= 0.3 is 6.03 Å². The van der Waals surface area contributed by atoms with Gasteiger partial charge in [-0.15, -0.1) is 5.10 Å². The number of nitrogens with zero attached hydrogens (tertiary/aromatic N) is 4. The summed E-state index contributed by atoms with van der Waals surface area (Å²) in [6.45, 7) is 5.59. The van der Waals surface area contributed by atoms with Crippen LogP contribution in [-0.2, 0) is 6.54 Å². The Labute approximate surface area is 142 Å². The van der Waals surface area contributed by atoms with Crippen LogP contribution in [0.15, 0.2) is 30.6 Å². The molecule has 0 spiro atoms. The third kappa shape index (κ3) is 4.04. The molecule has 1 aliphatic rings. The molecule has 0 atom stereocenters. The maximum absolute atomic E-state index is 12.1. The minimum atomic E-state index is -0.171. The Bertz CT molecular complexity index is 664. The van der Waals surface area contributed by atoms with E-state index in [0.717, 1.165) is 37.3 Å². The summed E-state index contributed by atoms with van der Waals surface area (Å²) in [5.41, 5.74) is 3.21. The van der Waals surface area contributed by atoms with Crippen molar-refractivity contribution in [2.24, 2.45) is 0 Å². The maximum Gasteiger partial charge on any atom is 0.319 e. The summed E-state index contributed by atoms with van der Waals surface area (Å²) in [6, 6.07) is 5.91. The molecule has 3 rings (SSSR count). The molecule has 0 radical (unpaired) electrons. The standard InChI is InChI=1S/C17H24N6O/c1-14-15(6-4-7-16(14)22-10-2-3-11-22)20-17(24)18-8-5-12-23-13-9-19-21-23/h4,6-7,9,13H,2-3,5,8,10-12H2,1H3,(H2,18,20,24). The fraction of sp³-hybridized carbons (Fsp3) is 0.471. The van der Waals surface area contributed by atoms with Crippen LogP contribution < -0.4 is 15.5 Å². The topological polar surface area (TPSA) is 75.1 Å². The fourth-order valence-corrected chi connectivity index (χ4v) is 3.02. The average Bonchev–Trinajstić information content (AvgIpc) is 3.27. The molecule has 24 heavy (non-hydrogen) atoms. The first kappa shape index (κ1) is 16.3. The van der Waals surface area contributed by atoms with Crippen LogP contribution in [0.25, 0.3) is 0 Å². The van der Waals surface area contributed by atoms with Crippen molar-refractivity contribution in [2.75, 3.05) is 29.9 Å². The van der Waals surface area contributed by atoms with E-state index in [1.165, 1.54) is 18.5 Å². The number of hydrogen-bond donors (Lipinski definition) is 2. The van der Waals surface area contributed by atoms with Crippen LogP contribution in [0.2, 0.25) is 0 Å². The van der Waals surface area contributed by atoms with Crippen molar-refractivity contribution in [1.29, 1.82) is 0 Å². The van der Waals surface area contributed by atoms with Crippen LogP contribution in [-0.4, -0.2) is 40.7 Å². The van der Waals surface area contributed by atoms with Crippen LogP contribution in [0.3, 0.4) is 0 Å². The Morgan fingerprint density at radius 1 is 1.29 bits per heavy atom. The second-order valence-corrected chi connectivity index (χ2v) is 6.04. The lowest BCUT2D eigenvalue weighted by atomic mass is 10.1. The lowest BCUT2D eigenvalue weighted by Crippen LogP contribution is -2.30. The van der Waals surface area contributed by atoms with Gasteiger partial charge in [0.2, 0.25) is 0 Å². The SMILES string of the molecule is Cc1c(NC(=O)NCCCn2ccnn2)cccc1N1CCCC1. The first-order valence-corrected chi connectivity index (χ1v) is 8.47. The summed E-state index contributed by atoms with van der Waals surface area (Å²) in [7, 11) is 0. The predicted molar refractivity (Wildman–Crippen MR) is 94.3 cm³/mol. The van der Waals surface area contributed by atoms with Crippen molar-refractivity contribution in [3.63, 3.8) is 0 Å². The smallest absolute Gasteiger partial charge is 0.319 e. The zero-order valence-corrected chi connectivity index (χ0v) is 14.0. The molecule has 1 aliphatic heterocycles. The van der Waals surface area contributed by atoms with Crippen molar-refractivity contribution < 1.29 is 4.79 Å². The van der Waals surface area contributed by atoms with Gasteiger partial charge in [-0.25, -0.2) is 4.79 Å². The van der Waals surface area contributed by atoms with E-state index in [1.807, 2.05) is 18.3 Å². The third-order valence-electron chi connectivity index (χ3n) is 4.32. The summed E-state index contributed by atoms with van der Waals surface area (Å²) in [6.07, 6.45) is 6.75. The van der Waals surface area contributed by atoms with Crippen molar-refractivity contribution in [1.82, 2.24) is 20.3 Å². The van der Waals surface area contributed by atoms with Gasteiger partial charge in [0.25, 0.3) is 0 Å². The molecule has 2 amide bonds. The van der Waals surface area contributed by atoms with Gasteiger partial charge in [0, 0.05) is 43.8 Å². The van der Waals surface area contributed by atoms with Gasteiger partial charge < -0.3 is 15.5 Å². The minimum absolute atomic E-state index is 0.171. The van der Waals surface area contributed by atoms with E-state index in [1.54, 1.807) is 10.9 Å². The van der Waals surface area contributed by atoms with E-state index in [9.17, 15) is 4.79 Å². The number of carbonyl (C=O) groups is 1. The van der Waals surface area contributed by atoms with E-state index in [0.29, 0.717) is 6.54 Å². The highest BCUT2D eigenvalue weighted by molar-refractivity contribution is 5.91. The molecule has 1 aromatic carbocycles. The number of nitrogens with one attached hydrogen (secondary N) is 2. The average molecular weight is 328 g/mol. The number of rotatable bonds is 6. The van der Waals surface area contributed by atoms with Crippen molar-refractivity contribution in [3.05, 3.63) is 36.2 Å². The van der Waals surface area contributed by atoms with Gasteiger partial charge in [-0.2, -0.15) is 0 Å². The van der Waals surface area contributed by atoms with Gasteiger partial charge in [-0.1, -0.05) is 11.3 Å². The molecule has 1 saturated heterocycles. The van der Waals surface area contributed by atoms with E-state index in [-0.39, 0.29) is 6.03 Å². The molecule has 0 aliphatic carbocycles. The Morgan fingerprint density at radius 2 is 2.12 bits per heavy atom.